The van der Waals surface area contributed by atoms with Crippen LogP contribution in [0.15, 0.2) is 36.4 Å². The van der Waals surface area contributed by atoms with E-state index in [2.05, 4.69) is 30.5 Å². The lowest BCUT2D eigenvalue weighted by molar-refractivity contribution is 0.291. The van der Waals surface area contributed by atoms with Gasteiger partial charge in [0.25, 0.3) is 0 Å². The number of rotatable bonds is 6. The Labute approximate surface area is 114 Å². The van der Waals surface area contributed by atoms with E-state index >= 15 is 0 Å². The van der Waals surface area contributed by atoms with Crippen LogP contribution < -0.4 is 9.47 Å². The first kappa shape index (κ1) is 13.5. The van der Waals surface area contributed by atoms with E-state index in [1.165, 1.54) is 11.4 Å². The Bertz CT molecular complexity index is 512. The van der Waals surface area contributed by atoms with Crippen molar-refractivity contribution < 1.29 is 9.47 Å². The van der Waals surface area contributed by atoms with Crippen molar-refractivity contribution in [3.05, 3.63) is 47.8 Å². The van der Waals surface area contributed by atoms with Crippen molar-refractivity contribution in [1.29, 1.82) is 0 Å². The van der Waals surface area contributed by atoms with E-state index in [4.69, 9.17) is 9.47 Å². The summed E-state index contributed by atoms with van der Waals surface area (Å²) >= 11 is 0. The van der Waals surface area contributed by atoms with Gasteiger partial charge in [-0.1, -0.05) is 6.07 Å². The van der Waals surface area contributed by atoms with Gasteiger partial charge in [-0.2, -0.15) is 0 Å². The minimum Gasteiger partial charge on any atom is -0.494 e. The maximum atomic E-state index is 5.78. The smallest absolute Gasteiger partial charge is 0.123 e. The molecule has 1 heterocycles. The molecule has 3 heteroatoms. The van der Waals surface area contributed by atoms with Gasteiger partial charge in [0.15, 0.2) is 0 Å². The van der Waals surface area contributed by atoms with Gasteiger partial charge in [0.05, 0.1) is 13.2 Å². The lowest BCUT2D eigenvalue weighted by atomic mass is 10.3. The number of hydrogen-bond acceptors (Lipinski definition) is 2. The average molecular weight is 259 g/mol. The summed E-state index contributed by atoms with van der Waals surface area (Å²) in [6.07, 6.45) is 0. The second-order valence-electron chi connectivity index (χ2n) is 4.52. The summed E-state index contributed by atoms with van der Waals surface area (Å²) in [5, 5.41) is 0. The van der Waals surface area contributed by atoms with Crippen LogP contribution in [0.1, 0.15) is 18.3 Å². The van der Waals surface area contributed by atoms with Crippen molar-refractivity contribution >= 4 is 0 Å². The van der Waals surface area contributed by atoms with E-state index in [1.807, 2.05) is 31.2 Å². The van der Waals surface area contributed by atoms with Gasteiger partial charge < -0.3 is 14.0 Å². The molecule has 1 aromatic heterocycles. The van der Waals surface area contributed by atoms with Crippen LogP contribution in [0.5, 0.6) is 11.5 Å². The number of nitrogens with zero attached hydrogens (tertiary/aromatic N) is 1. The van der Waals surface area contributed by atoms with Crippen LogP contribution in [0, 0.1) is 13.8 Å². The highest BCUT2D eigenvalue weighted by molar-refractivity contribution is 5.32. The molecule has 0 radical (unpaired) electrons. The first-order chi connectivity index (χ1) is 9.20. The van der Waals surface area contributed by atoms with Crippen LogP contribution in [0.4, 0.5) is 0 Å². The monoisotopic (exact) mass is 259 g/mol. The Morgan fingerprint density at radius 2 is 1.58 bits per heavy atom. The molecule has 2 aromatic rings. The minimum absolute atomic E-state index is 0.659. The third-order valence-electron chi connectivity index (χ3n) is 3.12. The van der Waals surface area contributed by atoms with E-state index in [0.717, 1.165) is 18.0 Å². The predicted molar refractivity (Wildman–Crippen MR) is 77.0 cm³/mol. The Morgan fingerprint density at radius 1 is 0.947 bits per heavy atom. The third kappa shape index (κ3) is 3.53. The number of hydrogen-bond donors (Lipinski definition) is 0. The number of ether oxygens (including phenoxy) is 2. The SMILES string of the molecule is CCOc1cccc(OCCn2c(C)ccc2C)c1. The van der Waals surface area contributed by atoms with E-state index in [0.29, 0.717) is 13.2 Å². The Balaban J connectivity index is 1.90. The number of benzene rings is 1. The molecule has 0 saturated carbocycles. The topological polar surface area (TPSA) is 23.4 Å². The third-order valence-corrected chi connectivity index (χ3v) is 3.12. The molecular formula is C16H21NO2. The summed E-state index contributed by atoms with van der Waals surface area (Å²) in [5.41, 5.74) is 2.54. The van der Waals surface area contributed by atoms with E-state index in [1.54, 1.807) is 0 Å². The molecule has 0 aliphatic heterocycles. The molecule has 0 bridgehead atoms. The summed E-state index contributed by atoms with van der Waals surface area (Å²) < 4.78 is 13.5. The van der Waals surface area contributed by atoms with Gasteiger partial charge in [0.1, 0.15) is 18.1 Å². The molecule has 0 aliphatic carbocycles. The van der Waals surface area contributed by atoms with Gasteiger partial charge in [0, 0.05) is 17.5 Å². The van der Waals surface area contributed by atoms with E-state index < -0.39 is 0 Å². The molecule has 1 aromatic carbocycles. The molecule has 0 fully saturated rings. The Morgan fingerprint density at radius 3 is 2.21 bits per heavy atom. The second kappa shape index (κ2) is 6.32. The normalized spacial score (nSPS) is 10.5. The van der Waals surface area contributed by atoms with Crippen LogP contribution in [0.25, 0.3) is 0 Å². The average Bonchev–Trinajstić information content (AvgIpc) is 2.71. The summed E-state index contributed by atoms with van der Waals surface area (Å²) in [4.78, 5) is 0. The maximum Gasteiger partial charge on any atom is 0.123 e. The molecule has 0 atom stereocenters. The Kier molecular flexibility index (Phi) is 4.50. The van der Waals surface area contributed by atoms with Gasteiger partial charge in [-0.15, -0.1) is 0 Å². The first-order valence-corrected chi connectivity index (χ1v) is 6.69. The lowest BCUT2D eigenvalue weighted by Crippen LogP contribution is -2.10. The fraction of sp³-hybridized carbons (Fsp3) is 0.375. The summed E-state index contributed by atoms with van der Waals surface area (Å²) in [5.74, 6) is 1.71. The minimum atomic E-state index is 0.659. The Hall–Kier alpha value is -1.90. The molecule has 19 heavy (non-hydrogen) atoms. The van der Waals surface area contributed by atoms with E-state index in [9.17, 15) is 0 Å². The van der Waals surface area contributed by atoms with Gasteiger partial charge in [-0.25, -0.2) is 0 Å². The van der Waals surface area contributed by atoms with Crippen molar-refractivity contribution in [1.82, 2.24) is 4.57 Å². The predicted octanol–water partition coefficient (Wildman–Crippen LogP) is 3.58. The highest BCUT2D eigenvalue weighted by atomic mass is 16.5. The zero-order valence-electron chi connectivity index (χ0n) is 11.8. The van der Waals surface area contributed by atoms with Crippen molar-refractivity contribution in [2.45, 2.75) is 27.3 Å². The molecular weight excluding hydrogens is 238 g/mol. The lowest BCUT2D eigenvalue weighted by Gasteiger charge is -2.11. The van der Waals surface area contributed by atoms with Crippen LogP contribution >= 0.6 is 0 Å². The van der Waals surface area contributed by atoms with Crippen LogP contribution in [-0.2, 0) is 6.54 Å². The van der Waals surface area contributed by atoms with Crippen molar-refractivity contribution in [2.75, 3.05) is 13.2 Å². The highest BCUT2D eigenvalue weighted by Crippen LogP contribution is 2.19. The zero-order valence-corrected chi connectivity index (χ0v) is 11.8. The molecule has 3 nitrogen and oxygen atoms in total. The van der Waals surface area contributed by atoms with E-state index in [-0.39, 0.29) is 0 Å². The fourth-order valence-electron chi connectivity index (χ4n) is 2.13. The quantitative estimate of drug-likeness (QED) is 0.791. The van der Waals surface area contributed by atoms with Gasteiger partial charge >= 0.3 is 0 Å². The summed E-state index contributed by atoms with van der Waals surface area (Å²) in [7, 11) is 0. The van der Waals surface area contributed by atoms with Crippen LogP contribution in [0.3, 0.4) is 0 Å². The zero-order chi connectivity index (χ0) is 13.7. The first-order valence-electron chi connectivity index (χ1n) is 6.69. The van der Waals surface area contributed by atoms with Crippen LogP contribution in [-0.4, -0.2) is 17.8 Å². The van der Waals surface area contributed by atoms with Gasteiger partial charge in [-0.05, 0) is 45.0 Å². The summed E-state index contributed by atoms with van der Waals surface area (Å²) in [6, 6.07) is 12.0. The highest BCUT2D eigenvalue weighted by Gasteiger charge is 2.01. The molecule has 0 amide bonds. The standard InChI is InChI=1S/C16H21NO2/c1-4-18-15-6-5-7-16(12-15)19-11-10-17-13(2)8-9-14(17)3/h5-9,12H,4,10-11H2,1-3H3. The fourth-order valence-corrected chi connectivity index (χ4v) is 2.13. The van der Waals surface area contributed by atoms with Crippen molar-refractivity contribution in [3.8, 4) is 11.5 Å². The molecule has 0 saturated heterocycles. The molecule has 0 aliphatic rings. The summed E-state index contributed by atoms with van der Waals surface area (Å²) in [6.45, 7) is 8.40. The molecule has 102 valence electrons. The van der Waals surface area contributed by atoms with Crippen LogP contribution in [0.2, 0.25) is 0 Å². The largest absolute Gasteiger partial charge is 0.494 e. The molecule has 0 spiro atoms. The number of aromatic nitrogens is 1. The number of aryl methyl sites for hydroxylation is 2. The maximum absolute atomic E-state index is 5.78. The molecule has 0 N–H and O–H groups in total. The molecule has 0 unspecified atom stereocenters. The van der Waals surface area contributed by atoms with Crippen molar-refractivity contribution in [2.24, 2.45) is 0 Å². The van der Waals surface area contributed by atoms with Gasteiger partial charge in [0.2, 0.25) is 0 Å². The van der Waals surface area contributed by atoms with Crippen molar-refractivity contribution in [3.63, 3.8) is 0 Å². The molecule has 2 rings (SSSR count). The van der Waals surface area contributed by atoms with Gasteiger partial charge in [-0.3, -0.25) is 0 Å². The second-order valence-corrected chi connectivity index (χ2v) is 4.52.